The lowest BCUT2D eigenvalue weighted by Gasteiger charge is -2.13. The molecular formula is C13H16N2OS. The van der Waals surface area contributed by atoms with Gasteiger partial charge in [-0.15, -0.1) is 11.3 Å². The molecule has 0 amide bonds. The third-order valence-electron chi connectivity index (χ3n) is 2.66. The van der Waals surface area contributed by atoms with Crippen molar-refractivity contribution in [2.24, 2.45) is 0 Å². The molecule has 2 rings (SSSR count). The zero-order valence-corrected chi connectivity index (χ0v) is 10.8. The lowest BCUT2D eigenvalue weighted by Crippen LogP contribution is -2.17. The van der Waals surface area contributed by atoms with Gasteiger partial charge in [-0.25, -0.2) is 4.98 Å². The van der Waals surface area contributed by atoms with E-state index in [0.717, 1.165) is 17.3 Å². The molecule has 0 bridgehead atoms. The predicted octanol–water partition coefficient (Wildman–Crippen LogP) is 3.00. The summed E-state index contributed by atoms with van der Waals surface area (Å²) in [5.41, 5.74) is 1.25. The van der Waals surface area contributed by atoms with Crippen molar-refractivity contribution in [1.82, 2.24) is 10.3 Å². The second-order valence-electron chi connectivity index (χ2n) is 3.80. The SMILES string of the molecule is COc1ccc(C(C)NCc2nccs2)cc1. The van der Waals surface area contributed by atoms with Crippen molar-refractivity contribution in [3.8, 4) is 5.75 Å². The number of ether oxygens (including phenoxy) is 1. The second kappa shape index (κ2) is 5.80. The average molecular weight is 248 g/mol. The van der Waals surface area contributed by atoms with E-state index in [1.165, 1.54) is 5.56 Å². The zero-order chi connectivity index (χ0) is 12.1. The van der Waals surface area contributed by atoms with E-state index < -0.39 is 0 Å². The zero-order valence-electron chi connectivity index (χ0n) is 10.0. The number of nitrogens with zero attached hydrogens (tertiary/aromatic N) is 1. The summed E-state index contributed by atoms with van der Waals surface area (Å²) in [6, 6.07) is 8.44. The summed E-state index contributed by atoms with van der Waals surface area (Å²) in [7, 11) is 1.68. The van der Waals surface area contributed by atoms with Crippen LogP contribution in [0.4, 0.5) is 0 Å². The number of aromatic nitrogens is 1. The van der Waals surface area contributed by atoms with Gasteiger partial charge in [0.2, 0.25) is 0 Å². The fraction of sp³-hybridized carbons (Fsp3) is 0.308. The number of nitrogens with one attached hydrogen (secondary N) is 1. The highest BCUT2D eigenvalue weighted by Crippen LogP contribution is 2.17. The number of methoxy groups -OCH3 is 1. The Bertz CT molecular complexity index is 439. The Morgan fingerprint density at radius 3 is 2.71 bits per heavy atom. The number of thiazole rings is 1. The molecule has 0 fully saturated rings. The minimum atomic E-state index is 0.310. The number of hydrogen-bond donors (Lipinski definition) is 1. The van der Waals surface area contributed by atoms with Crippen LogP contribution in [0.2, 0.25) is 0 Å². The molecule has 1 aromatic heterocycles. The van der Waals surface area contributed by atoms with Gasteiger partial charge in [-0.05, 0) is 24.6 Å². The monoisotopic (exact) mass is 248 g/mol. The standard InChI is InChI=1S/C13H16N2OS/c1-10(15-9-13-14-7-8-17-13)11-3-5-12(16-2)6-4-11/h3-8,10,15H,9H2,1-2H3. The van der Waals surface area contributed by atoms with Gasteiger partial charge in [-0.3, -0.25) is 0 Å². The molecule has 1 atom stereocenters. The van der Waals surface area contributed by atoms with Gasteiger partial charge in [0.1, 0.15) is 10.8 Å². The van der Waals surface area contributed by atoms with Crippen LogP contribution in [0.3, 0.4) is 0 Å². The first kappa shape index (κ1) is 12.1. The van der Waals surface area contributed by atoms with Gasteiger partial charge in [0, 0.05) is 24.2 Å². The molecule has 0 aliphatic heterocycles. The van der Waals surface area contributed by atoms with Crippen molar-refractivity contribution in [1.29, 1.82) is 0 Å². The summed E-state index contributed by atoms with van der Waals surface area (Å²) in [4.78, 5) is 4.25. The molecule has 0 saturated heterocycles. The van der Waals surface area contributed by atoms with Crippen molar-refractivity contribution in [3.05, 3.63) is 46.4 Å². The van der Waals surface area contributed by atoms with Crippen LogP contribution in [-0.2, 0) is 6.54 Å². The van der Waals surface area contributed by atoms with Crippen molar-refractivity contribution < 1.29 is 4.74 Å². The lowest BCUT2D eigenvalue weighted by molar-refractivity contribution is 0.414. The predicted molar refractivity (Wildman–Crippen MR) is 70.4 cm³/mol. The first-order chi connectivity index (χ1) is 8.29. The van der Waals surface area contributed by atoms with Crippen LogP contribution in [0, 0.1) is 0 Å². The minimum absolute atomic E-state index is 0.310. The van der Waals surface area contributed by atoms with E-state index in [2.05, 4.69) is 29.4 Å². The molecule has 0 aliphatic rings. The lowest BCUT2D eigenvalue weighted by atomic mass is 10.1. The number of benzene rings is 1. The maximum absolute atomic E-state index is 5.14. The average Bonchev–Trinajstić information content (AvgIpc) is 2.89. The first-order valence-corrected chi connectivity index (χ1v) is 6.43. The molecule has 1 N–H and O–H groups in total. The highest BCUT2D eigenvalue weighted by molar-refractivity contribution is 7.09. The summed E-state index contributed by atoms with van der Waals surface area (Å²) >= 11 is 1.67. The van der Waals surface area contributed by atoms with Crippen LogP contribution >= 0.6 is 11.3 Å². The largest absolute Gasteiger partial charge is 0.497 e. The summed E-state index contributed by atoms with van der Waals surface area (Å²) in [6.07, 6.45) is 1.83. The third-order valence-corrected chi connectivity index (χ3v) is 3.44. The fourth-order valence-corrected chi connectivity index (χ4v) is 2.16. The van der Waals surface area contributed by atoms with Crippen molar-refractivity contribution >= 4 is 11.3 Å². The smallest absolute Gasteiger partial charge is 0.118 e. The van der Waals surface area contributed by atoms with Crippen molar-refractivity contribution in [2.75, 3.05) is 7.11 Å². The molecular weight excluding hydrogens is 232 g/mol. The Morgan fingerprint density at radius 2 is 2.12 bits per heavy atom. The van der Waals surface area contributed by atoms with Gasteiger partial charge in [-0.2, -0.15) is 0 Å². The highest BCUT2D eigenvalue weighted by atomic mass is 32.1. The van der Waals surface area contributed by atoms with Crippen LogP contribution < -0.4 is 10.1 Å². The molecule has 0 saturated carbocycles. The van der Waals surface area contributed by atoms with Gasteiger partial charge < -0.3 is 10.1 Å². The van der Waals surface area contributed by atoms with E-state index in [9.17, 15) is 0 Å². The van der Waals surface area contributed by atoms with Crippen molar-refractivity contribution in [2.45, 2.75) is 19.5 Å². The summed E-state index contributed by atoms with van der Waals surface area (Å²) in [6.45, 7) is 2.96. The molecule has 4 heteroatoms. The molecule has 3 nitrogen and oxygen atoms in total. The fourth-order valence-electron chi connectivity index (χ4n) is 1.59. The Hall–Kier alpha value is -1.39. The Balaban J connectivity index is 1.92. The van der Waals surface area contributed by atoms with Gasteiger partial charge in [0.05, 0.1) is 7.11 Å². The Labute approximate surface area is 105 Å². The molecule has 0 spiro atoms. The molecule has 1 aromatic carbocycles. The van der Waals surface area contributed by atoms with E-state index in [1.807, 2.05) is 23.7 Å². The normalized spacial score (nSPS) is 12.4. The molecule has 1 heterocycles. The van der Waals surface area contributed by atoms with Gasteiger partial charge in [-0.1, -0.05) is 12.1 Å². The summed E-state index contributed by atoms with van der Waals surface area (Å²) in [5, 5.41) is 6.56. The molecule has 0 radical (unpaired) electrons. The van der Waals surface area contributed by atoms with Crippen LogP contribution in [0.25, 0.3) is 0 Å². The van der Waals surface area contributed by atoms with Gasteiger partial charge >= 0.3 is 0 Å². The van der Waals surface area contributed by atoms with Crippen LogP contribution in [-0.4, -0.2) is 12.1 Å². The van der Waals surface area contributed by atoms with E-state index in [1.54, 1.807) is 18.4 Å². The van der Waals surface area contributed by atoms with Crippen LogP contribution in [0.15, 0.2) is 35.8 Å². The first-order valence-electron chi connectivity index (χ1n) is 5.55. The van der Waals surface area contributed by atoms with Gasteiger partial charge in [0.15, 0.2) is 0 Å². The highest BCUT2D eigenvalue weighted by Gasteiger charge is 2.05. The van der Waals surface area contributed by atoms with Gasteiger partial charge in [0.25, 0.3) is 0 Å². The maximum Gasteiger partial charge on any atom is 0.118 e. The number of rotatable bonds is 5. The minimum Gasteiger partial charge on any atom is -0.497 e. The van der Waals surface area contributed by atoms with E-state index >= 15 is 0 Å². The topological polar surface area (TPSA) is 34.1 Å². The quantitative estimate of drug-likeness (QED) is 0.883. The maximum atomic E-state index is 5.14. The second-order valence-corrected chi connectivity index (χ2v) is 4.78. The molecule has 1 unspecified atom stereocenters. The molecule has 17 heavy (non-hydrogen) atoms. The summed E-state index contributed by atoms with van der Waals surface area (Å²) < 4.78 is 5.14. The van der Waals surface area contributed by atoms with Crippen molar-refractivity contribution in [3.63, 3.8) is 0 Å². The van der Waals surface area contributed by atoms with Crippen LogP contribution in [0.5, 0.6) is 5.75 Å². The van der Waals surface area contributed by atoms with E-state index in [-0.39, 0.29) is 0 Å². The Morgan fingerprint density at radius 1 is 1.35 bits per heavy atom. The molecule has 90 valence electrons. The molecule has 0 aliphatic carbocycles. The summed E-state index contributed by atoms with van der Waals surface area (Å²) in [5.74, 6) is 0.890. The third kappa shape index (κ3) is 3.28. The molecule has 2 aromatic rings. The van der Waals surface area contributed by atoms with E-state index in [4.69, 9.17) is 4.74 Å². The van der Waals surface area contributed by atoms with Crippen LogP contribution in [0.1, 0.15) is 23.5 Å². The Kier molecular flexibility index (Phi) is 4.12. The number of hydrogen-bond acceptors (Lipinski definition) is 4. The van der Waals surface area contributed by atoms with E-state index in [0.29, 0.717) is 6.04 Å².